The zero-order valence-corrected chi connectivity index (χ0v) is 9.18. The van der Waals surface area contributed by atoms with Crippen molar-refractivity contribution in [3.63, 3.8) is 0 Å². The van der Waals surface area contributed by atoms with Crippen molar-refractivity contribution >= 4 is 22.0 Å². The highest BCUT2D eigenvalue weighted by Gasteiger charge is 2.05. The van der Waals surface area contributed by atoms with Crippen LogP contribution in [0.25, 0.3) is 4.96 Å². The van der Waals surface area contributed by atoms with Crippen LogP contribution in [0.3, 0.4) is 0 Å². The van der Waals surface area contributed by atoms with E-state index in [1.54, 1.807) is 22.2 Å². The number of hydrogen-bond donors (Lipinski definition) is 1. The molecule has 0 aliphatic heterocycles. The fraction of sp³-hybridized carbons (Fsp3) is 0.100. The first kappa shape index (κ1) is 9.29. The van der Waals surface area contributed by atoms with Gasteiger partial charge in [0.15, 0.2) is 0 Å². The third kappa shape index (κ3) is 1.63. The number of nitrogens with zero attached hydrogens (tertiary/aromatic N) is 4. The van der Waals surface area contributed by atoms with Crippen LogP contribution in [0, 0.1) is 0 Å². The van der Waals surface area contributed by atoms with Crippen LogP contribution in [-0.2, 0) is 6.42 Å². The van der Waals surface area contributed by atoms with Gasteiger partial charge in [-0.25, -0.2) is 0 Å². The largest absolute Gasteiger partial charge is 0.399 e. The fourth-order valence-corrected chi connectivity index (χ4v) is 2.40. The van der Waals surface area contributed by atoms with Gasteiger partial charge in [-0.1, -0.05) is 23.5 Å². The maximum Gasteiger partial charge on any atom is 0.234 e. The number of nitrogen functional groups attached to an aromatic ring is 1. The van der Waals surface area contributed by atoms with Crippen LogP contribution < -0.4 is 5.73 Å². The van der Waals surface area contributed by atoms with E-state index in [2.05, 4.69) is 15.3 Å². The SMILES string of the molecule is Nc1cccc(Cc2nn3cnnc3s2)c1. The van der Waals surface area contributed by atoms with Crippen LogP contribution in [0.1, 0.15) is 10.6 Å². The molecule has 16 heavy (non-hydrogen) atoms. The normalized spacial score (nSPS) is 11.0. The van der Waals surface area contributed by atoms with Gasteiger partial charge in [0, 0.05) is 12.1 Å². The average molecular weight is 231 g/mol. The van der Waals surface area contributed by atoms with Gasteiger partial charge < -0.3 is 5.73 Å². The summed E-state index contributed by atoms with van der Waals surface area (Å²) in [5, 5.41) is 13.1. The lowest BCUT2D eigenvalue weighted by atomic mass is 10.1. The van der Waals surface area contributed by atoms with E-state index in [1.807, 2.05) is 24.3 Å². The smallest absolute Gasteiger partial charge is 0.234 e. The Balaban J connectivity index is 1.92. The quantitative estimate of drug-likeness (QED) is 0.676. The Morgan fingerprint density at radius 3 is 3.12 bits per heavy atom. The van der Waals surface area contributed by atoms with Crippen molar-refractivity contribution in [2.45, 2.75) is 6.42 Å². The molecule has 2 aromatic heterocycles. The molecule has 0 aliphatic rings. The molecule has 5 nitrogen and oxygen atoms in total. The van der Waals surface area contributed by atoms with Crippen molar-refractivity contribution in [3.05, 3.63) is 41.2 Å². The first-order valence-corrected chi connectivity index (χ1v) is 5.63. The van der Waals surface area contributed by atoms with E-state index in [0.29, 0.717) is 0 Å². The molecule has 0 unspecified atom stereocenters. The average Bonchev–Trinajstić information content (AvgIpc) is 2.77. The van der Waals surface area contributed by atoms with Crippen LogP contribution in [0.5, 0.6) is 0 Å². The molecule has 1 aromatic carbocycles. The molecule has 0 bridgehead atoms. The molecule has 80 valence electrons. The van der Waals surface area contributed by atoms with E-state index < -0.39 is 0 Å². The summed E-state index contributed by atoms with van der Waals surface area (Å²) in [5.41, 5.74) is 7.66. The molecule has 6 heteroatoms. The molecule has 0 saturated carbocycles. The summed E-state index contributed by atoms with van der Waals surface area (Å²) in [6.07, 6.45) is 2.38. The predicted molar refractivity (Wildman–Crippen MR) is 62.3 cm³/mol. The van der Waals surface area contributed by atoms with E-state index >= 15 is 0 Å². The molecule has 0 spiro atoms. The molecule has 0 atom stereocenters. The van der Waals surface area contributed by atoms with Crippen molar-refractivity contribution in [2.24, 2.45) is 0 Å². The zero-order chi connectivity index (χ0) is 11.0. The molecule has 2 heterocycles. The minimum absolute atomic E-state index is 0.777. The van der Waals surface area contributed by atoms with Crippen LogP contribution in [-0.4, -0.2) is 19.8 Å². The van der Waals surface area contributed by atoms with Gasteiger partial charge in [-0.05, 0) is 17.7 Å². The van der Waals surface area contributed by atoms with Gasteiger partial charge in [-0.2, -0.15) is 9.61 Å². The van der Waals surface area contributed by atoms with Gasteiger partial charge in [0.1, 0.15) is 11.3 Å². The van der Waals surface area contributed by atoms with Crippen molar-refractivity contribution in [1.29, 1.82) is 0 Å². The molecule has 2 N–H and O–H groups in total. The molecule has 0 amide bonds. The van der Waals surface area contributed by atoms with E-state index in [0.717, 1.165) is 27.6 Å². The number of rotatable bonds is 2. The Labute approximate surface area is 95.5 Å². The number of benzene rings is 1. The lowest BCUT2D eigenvalue weighted by Gasteiger charge is -1.98. The number of anilines is 1. The molecule has 0 saturated heterocycles. The van der Waals surface area contributed by atoms with Gasteiger partial charge in [-0.15, -0.1) is 10.2 Å². The Bertz CT molecular complexity index is 598. The molecular formula is C10H9N5S. The number of hydrogen-bond acceptors (Lipinski definition) is 5. The Morgan fingerprint density at radius 1 is 1.38 bits per heavy atom. The predicted octanol–water partition coefficient (Wildman–Crippen LogP) is 1.36. The molecule has 0 radical (unpaired) electrons. The second kappa shape index (κ2) is 3.57. The van der Waals surface area contributed by atoms with E-state index in [1.165, 1.54) is 0 Å². The summed E-state index contributed by atoms with van der Waals surface area (Å²) < 4.78 is 1.69. The van der Waals surface area contributed by atoms with Crippen LogP contribution in [0.2, 0.25) is 0 Å². The summed E-state index contributed by atoms with van der Waals surface area (Å²) in [7, 11) is 0. The van der Waals surface area contributed by atoms with Crippen molar-refractivity contribution in [2.75, 3.05) is 5.73 Å². The van der Waals surface area contributed by atoms with Crippen LogP contribution >= 0.6 is 11.3 Å². The summed E-state index contributed by atoms with van der Waals surface area (Å²) in [5.74, 6) is 0. The van der Waals surface area contributed by atoms with Gasteiger partial charge in [0.25, 0.3) is 0 Å². The zero-order valence-electron chi connectivity index (χ0n) is 8.37. The third-order valence-electron chi connectivity index (χ3n) is 2.24. The first-order chi connectivity index (χ1) is 7.81. The summed E-state index contributed by atoms with van der Waals surface area (Å²) >= 11 is 1.54. The maximum absolute atomic E-state index is 5.72. The summed E-state index contributed by atoms with van der Waals surface area (Å²) in [4.78, 5) is 0.818. The Kier molecular flexibility index (Phi) is 2.07. The maximum atomic E-state index is 5.72. The van der Waals surface area contributed by atoms with Crippen molar-refractivity contribution in [3.8, 4) is 0 Å². The molecular weight excluding hydrogens is 222 g/mol. The number of nitrogens with two attached hydrogens (primary N) is 1. The first-order valence-electron chi connectivity index (χ1n) is 4.81. The van der Waals surface area contributed by atoms with Gasteiger partial charge in [0.05, 0.1) is 0 Å². The van der Waals surface area contributed by atoms with Crippen LogP contribution in [0.15, 0.2) is 30.6 Å². The number of fused-ring (bicyclic) bond motifs is 1. The number of aromatic nitrogens is 4. The minimum atomic E-state index is 0.777. The molecule has 0 fully saturated rings. The van der Waals surface area contributed by atoms with E-state index in [4.69, 9.17) is 5.73 Å². The van der Waals surface area contributed by atoms with Gasteiger partial charge in [0.2, 0.25) is 4.96 Å². The lowest BCUT2D eigenvalue weighted by Crippen LogP contribution is -1.91. The van der Waals surface area contributed by atoms with E-state index in [9.17, 15) is 0 Å². The highest BCUT2D eigenvalue weighted by molar-refractivity contribution is 7.16. The summed E-state index contributed by atoms with van der Waals surface area (Å²) in [6, 6.07) is 7.83. The topological polar surface area (TPSA) is 69.1 Å². The molecule has 3 rings (SSSR count). The second-order valence-electron chi connectivity index (χ2n) is 3.48. The van der Waals surface area contributed by atoms with Crippen LogP contribution in [0.4, 0.5) is 5.69 Å². The lowest BCUT2D eigenvalue weighted by molar-refractivity contribution is 0.909. The summed E-state index contributed by atoms with van der Waals surface area (Å²) in [6.45, 7) is 0. The highest BCUT2D eigenvalue weighted by Crippen LogP contribution is 2.17. The monoisotopic (exact) mass is 231 g/mol. The molecule has 0 aliphatic carbocycles. The Morgan fingerprint density at radius 2 is 2.31 bits per heavy atom. The molecule has 3 aromatic rings. The minimum Gasteiger partial charge on any atom is -0.399 e. The highest BCUT2D eigenvalue weighted by atomic mass is 32.1. The van der Waals surface area contributed by atoms with Crippen molar-refractivity contribution < 1.29 is 0 Å². The van der Waals surface area contributed by atoms with Gasteiger partial charge in [-0.3, -0.25) is 0 Å². The fourth-order valence-electron chi connectivity index (χ4n) is 1.55. The van der Waals surface area contributed by atoms with Crippen molar-refractivity contribution in [1.82, 2.24) is 19.8 Å². The third-order valence-corrected chi connectivity index (χ3v) is 3.15. The second-order valence-corrected chi connectivity index (χ2v) is 4.52. The van der Waals surface area contributed by atoms with E-state index in [-0.39, 0.29) is 0 Å². The Hall–Kier alpha value is -1.95. The van der Waals surface area contributed by atoms with Gasteiger partial charge >= 0.3 is 0 Å². The standard InChI is InChI=1S/C10H9N5S/c11-8-3-1-2-7(4-8)5-9-14-15-6-12-13-10(15)16-9/h1-4,6H,5,11H2.